The van der Waals surface area contributed by atoms with Crippen LogP contribution in [0, 0.1) is 6.92 Å². The van der Waals surface area contributed by atoms with Crippen molar-refractivity contribution in [1.82, 2.24) is 20.7 Å². The van der Waals surface area contributed by atoms with Gasteiger partial charge in [0.05, 0.1) is 12.1 Å². The molecule has 0 radical (unpaired) electrons. The highest BCUT2D eigenvalue weighted by Crippen LogP contribution is 2.41. The summed E-state index contributed by atoms with van der Waals surface area (Å²) < 4.78 is 10.5. The lowest BCUT2D eigenvalue weighted by atomic mass is 9.85. The molecule has 0 bridgehead atoms. The van der Waals surface area contributed by atoms with Crippen molar-refractivity contribution < 1.29 is 18.8 Å². The van der Waals surface area contributed by atoms with Crippen LogP contribution in [0.2, 0.25) is 0 Å². The summed E-state index contributed by atoms with van der Waals surface area (Å²) in [4.78, 5) is 24.2. The summed E-state index contributed by atoms with van der Waals surface area (Å²) in [6.45, 7) is 5.90. The van der Waals surface area contributed by atoms with E-state index in [1.807, 2.05) is 13.0 Å². The zero-order chi connectivity index (χ0) is 20.6. The largest absolute Gasteiger partial charge is 0.443 e. The van der Waals surface area contributed by atoms with Crippen molar-refractivity contribution in [1.29, 1.82) is 0 Å². The second-order valence-corrected chi connectivity index (χ2v) is 8.81. The number of hydrogen-bond donors (Lipinski definition) is 3. The summed E-state index contributed by atoms with van der Waals surface area (Å²) in [6.07, 6.45) is 4.19. The fraction of sp³-hybridized carbons (Fsp3) is 0.600. The van der Waals surface area contributed by atoms with E-state index in [1.165, 1.54) is 0 Å². The first-order valence-corrected chi connectivity index (χ1v) is 10.0. The summed E-state index contributed by atoms with van der Waals surface area (Å²) in [5.41, 5.74) is 1.25. The number of hydrogen-bond acceptors (Lipinski definition) is 6. The summed E-state index contributed by atoms with van der Waals surface area (Å²) in [6, 6.07) is 3.65. The lowest BCUT2D eigenvalue weighted by molar-refractivity contribution is -0.115. The smallest absolute Gasteiger partial charge is 0.407 e. The van der Waals surface area contributed by atoms with Crippen LogP contribution in [0.3, 0.4) is 0 Å². The van der Waals surface area contributed by atoms with Crippen LogP contribution in [0.1, 0.15) is 63.1 Å². The van der Waals surface area contributed by atoms with Crippen LogP contribution >= 0.6 is 0 Å². The van der Waals surface area contributed by atoms with Crippen LogP contribution in [0.25, 0.3) is 0 Å². The van der Waals surface area contributed by atoms with E-state index in [9.17, 15) is 9.59 Å². The van der Waals surface area contributed by atoms with E-state index in [0.717, 1.165) is 43.5 Å². The number of carbonyl (C=O) groups excluding carboxylic acids is 2. The van der Waals surface area contributed by atoms with E-state index < -0.39 is 0 Å². The van der Waals surface area contributed by atoms with E-state index in [0.29, 0.717) is 11.6 Å². The maximum atomic E-state index is 12.2. The Bertz CT molecular complexity index is 916. The molecule has 156 valence electrons. The minimum Gasteiger partial charge on any atom is -0.443 e. The van der Waals surface area contributed by atoms with Gasteiger partial charge in [-0.1, -0.05) is 12.1 Å². The van der Waals surface area contributed by atoms with E-state index in [-0.39, 0.29) is 35.5 Å². The van der Waals surface area contributed by atoms with Crippen LogP contribution in [0.5, 0.6) is 0 Å². The van der Waals surface area contributed by atoms with Gasteiger partial charge in [0.15, 0.2) is 5.82 Å². The number of nitrogens with one attached hydrogen (secondary N) is 3. The third-order valence-corrected chi connectivity index (χ3v) is 5.86. The Morgan fingerprint density at radius 1 is 1.31 bits per heavy atom. The molecule has 2 saturated carbocycles. The Labute approximate surface area is 168 Å². The second kappa shape index (κ2) is 7.20. The normalized spacial score (nSPS) is 24.9. The highest BCUT2D eigenvalue weighted by atomic mass is 16.6. The Balaban J connectivity index is 1.31. The standard InChI is InChI=1S/C20H27N5O4/c1-12-8-14(29-25-12)9-17(26)22-16-10-15(23-24-16)19(2)5-4-13(11-19)21-18(27)28-20(3)6-7-20/h8,10,13H,4-7,9,11H2,1-3H3,(H,21,27)(H2,22,23,24,26). The van der Waals surface area contributed by atoms with Gasteiger partial charge in [-0.05, 0) is 46.0 Å². The minimum absolute atomic E-state index is 0.0610. The van der Waals surface area contributed by atoms with E-state index >= 15 is 0 Å². The topological polar surface area (TPSA) is 122 Å². The number of alkyl carbamates (subject to hydrolysis) is 1. The molecule has 3 N–H and O–H groups in total. The van der Waals surface area contributed by atoms with Crippen LogP contribution in [0.4, 0.5) is 10.6 Å². The number of nitrogens with zero attached hydrogens (tertiary/aromatic N) is 2. The summed E-state index contributed by atoms with van der Waals surface area (Å²) >= 11 is 0. The van der Waals surface area contributed by atoms with Crippen molar-refractivity contribution in [2.24, 2.45) is 0 Å². The molecule has 29 heavy (non-hydrogen) atoms. The van der Waals surface area contributed by atoms with Gasteiger partial charge in [-0.2, -0.15) is 5.10 Å². The first-order valence-electron chi connectivity index (χ1n) is 10.0. The van der Waals surface area contributed by atoms with Crippen LogP contribution in [0.15, 0.2) is 16.7 Å². The lowest BCUT2D eigenvalue weighted by Gasteiger charge is -2.22. The maximum Gasteiger partial charge on any atom is 0.407 e. The van der Waals surface area contributed by atoms with E-state index in [1.54, 1.807) is 13.0 Å². The summed E-state index contributed by atoms with van der Waals surface area (Å²) in [5.74, 6) is 0.769. The van der Waals surface area contributed by atoms with Crippen molar-refractivity contribution in [3.8, 4) is 0 Å². The molecule has 2 aromatic heterocycles. The molecule has 2 fully saturated rings. The average molecular weight is 401 g/mol. The number of aromatic amines is 1. The van der Waals surface area contributed by atoms with Crippen molar-refractivity contribution in [2.75, 3.05) is 5.32 Å². The molecule has 2 aliphatic rings. The molecule has 4 rings (SSSR count). The highest BCUT2D eigenvalue weighted by Gasteiger charge is 2.43. The van der Waals surface area contributed by atoms with Gasteiger partial charge in [0.1, 0.15) is 11.4 Å². The Morgan fingerprint density at radius 3 is 2.79 bits per heavy atom. The van der Waals surface area contributed by atoms with Gasteiger partial charge in [-0.15, -0.1) is 0 Å². The number of amides is 2. The number of aryl methyl sites for hydroxylation is 1. The predicted octanol–water partition coefficient (Wildman–Crippen LogP) is 2.98. The monoisotopic (exact) mass is 401 g/mol. The third kappa shape index (κ3) is 4.60. The molecule has 2 atom stereocenters. The van der Waals surface area contributed by atoms with Gasteiger partial charge in [-0.3, -0.25) is 9.89 Å². The molecule has 2 amide bonds. The van der Waals surface area contributed by atoms with E-state index in [2.05, 4.69) is 32.9 Å². The van der Waals surface area contributed by atoms with Crippen molar-refractivity contribution in [2.45, 2.75) is 76.4 Å². The summed E-state index contributed by atoms with van der Waals surface area (Å²) in [7, 11) is 0. The van der Waals surface area contributed by atoms with Gasteiger partial charge in [0.25, 0.3) is 0 Å². The molecule has 0 spiro atoms. The Hall–Kier alpha value is -2.84. The molecule has 2 aromatic rings. The molecule has 2 aliphatic carbocycles. The van der Waals surface area contributed by atoms with Crippen molar-refractivity contribution in [3.63, 3.8) is 0 Å². The molecular formula is C20H27N5O4. The molecule has 2 heterocycles. The Morgan fingerprint density at radius 2 is 2.10 bits per heavy atom. The molecule has 9 nitrogen and oxygen atoms in total. The molecule has 0 aliphatic heterocycles. The van der Waals surface area contributed by atoms with Crippen LogP contribution in [-0.4, -0.2) is 39.0 Å². The predicted molar refractivity (Wildman–Crippen MR) is 104 cm³/mol. The number of anilines is 1. The molecule has 9 heteroatoms. The molecule has 0 aromatic carbocycles. The van der Waals surface area contributed by atoms with Crippen molar-refractivity contribution >= 4 is 17.8 Å². The fourth-order valence-corrected chi connectivity index (χ4v) is 3.85. The van der Waals surface area contributed by atoms with Gasteiger partial charge < -0.3 is 19.9 Å². The fourth-order valence-electron chi connectivity index (χ4n) is 3.85. The van der Waals surface area contributed by atoms with Crippen LogP contribution in [-0.2, 0) is 21.4 Å². The van der Waals surface area contributed by atoms with E-state index in [4.69, 9.17) is 9.26 Å². The lowest BCUT2D eigenvalue weighted by Crippen LogP contribution is -2.36. The number of rotatable bonds is 6. The second-order valence-electron chi connectivity index (χ2n) is 8.81. The molecule has 2 unspecified atom stereocenters. The first-order chi connectivity index (χ1) is 13.7. The zero-order valence-corrected chi connectivity index (χ0v) is 17.0. The quantitative estimate of drug-likeness (QED) is 0.684. The number of H-pyrrole nitrogens is 1. The third-order valence-electron chi connectivity index (χ3n) is 5.86. The van der Waals surface area contributed by atoms with Gasteiger partial charge in [-0.25, -0.2) is 4.79 Å². The van der Waals surface area contributed by atoms with Crippen LogP contribution < -0.4 is 10.6 Å². The minimum atomic E-state index is -0.334. The number of aromatic nitrogens is 3. The average Bonchev–Trinajstić information content (AvgIpc) is 3.02. The van der Waals surface area contributed by atoms with Crippen molar-refractivity contribution in [3.05, 3.63) is 29.3 Å². The van der Waals surface area contributed by atoms with Gasteiger partial charge >= 0.3 is 6.09 Å². The maximum absolute atomic E-state index is 12.2. The molecule has 0 saturated heterocycles. The van der Waals surface area contributed by atoms with Gasteiger partial charge in [0, 0.05) is 29.3 Å². The van der Waals surface area contributed by atoms with Gasteiger partial charge in [0.2, 0.25) is 5.91 Å². The highest BCUT2D eigenvalue weighted by molar-refractivity contribution is 5.91. The first kappa shape index (κ1) is 19.5. The SMILES string of the molecule is Cc1cc(CC(=O)Nc2cc(C3(C)CCC(NC(=O)OC4(C)CC4)C3)[nH]n2)on1. The summed E-state index contributed by atoms with van der Waals surface area (Å²) in [5, 5.41) is 16.8. The Kier molecular flexibility index (Phi) is 4.84. The zero-order valence-electron chi connectivity index (χ0n) is 17.0. The molecular weight excluding hydrogens is 374 g/mol. The number of ether oxygens (including phenoxy) is 1. The number of carbonyl (C=O) groups is 2.